The lowest BCUT2D eigenvalue weighted by atomic mass is 10.2. The smallest absolute Gasteiger partial charge is 0.195 e. The zero-order valence-electron chi connectivity index (χ0n) is 13.3. The molecule has 0 N–H and O–H groups in total. The van der Waals surface area contributed by atoms with Gasteiger partial charge in [0.15, 0.2) is 5.16 Å². The molecular formula is C18H19N3OS. The zero-order chi connectivity index (χ0) is 16.1. The Balaban J connectivity index is 1.81. The Morgan fingerprint density at radius 2 is 1.87 bits per heavy atom. The second kappa shape index (κ2) is 7.33. The topological polar surface area (TPSA) is 39.9 Å². The van der Waals surface area contributed by atoms with Crippen LogP contribution < -0.4 is 4.74 Å². The lowest BCUT2D eigenvalue weighted by Gasteiger charge is -2.11. The van der Waals surface area contributed by atoms with Crippen LogP contribution in [0.15, 0.2) is 60.0 Å². The number of aromatic nitrogens is 3. The van der Waals surface area contributed by atoms with Crippen molar-refractivity contribution in [3.63, 3.8) is 0 Å². The Hall–Kier alpha value is -2.27. The maximum Gasteiger partial charge on any atom is 0.195 e. The van der Waals surface area contributed by atoms with E-state index in [1.807, 2.05) is 41.8 Å². The maximum atomic E-state index is 5.68. The highest BCUT2D eigenvalue weighted by Gasteiger charge is 2.10. The Morgan fingerprint density at radius 1 is 1.09 bits per heavy atom. The molecule has 4 nitrogen and oxygen atoms in total. The normalized spacial score (nSPS) is 10.7. The zero-order valence-corrected chi connectivity index (χ0v) is 14.1. The number of hydrogen-bond donors (Lipinski definition) is 0. The number of rotatable bonds is 6. The van der Waals surface area contributed by atoms with Gasteiger partial charge in [-0.25, -0.2) is 0 Å². The molecule has 0 amide bonds. The van der Waals surface area contributed by atoms with Crippen LogP contribution >= 0.6 is 11.8 Å². The number of nitrogens with zero attached hydrogens (tertiary/aromatic N) is 3. The monoisotopic (exact) mass is 325 g/mol. The summed E-state index contributed by atoms with van der Waals surface area (Å²) >= 11 is 1.66. The first-order chi connectivity index (χ1) is 11.3. The Labute approximate surface area is 140 Å². The van der Waals surface area contributed by atoms with Crippen molar-refractivity contribution in [2.75, 3.05) is 6.61 Å². The maximum absolute atomic E-state index is 5.68. The summed E-state index contributed by atoms with van der Waals surface area (Å²) in [4.78, 5) is 0. The van der Waals surface area contributed by atoms with Gasteiger partial charge in [0.05, 0.1) is 12.3 Å². The van der Waals surface area contributed by atoms with Crippen LogP contribution in [-0.2, 0) is 5.75 Å². The SMILES string of the molecule is CCOc1ccccc1CSc1nncn1-c1ccccc1C. The first-order valence-electron chi connectivity index (χ1n) is 7.59. The van der Waals surface area contributed by atoms with Crippen LogP contribution in [0.25, 0.3) is 5.69 Å². The average Bonchev–Trinajstić information content (AvgIpc) is 3.03. The molecule has 118 valence electrons. The minimum atomic E-state index is 0.668. The lowest BCUT2D eigenvalue weighted by molar-refractivity contribution is 0.337. The van der Waals surface area contributed by atoms with Gasteiger partial charge in [0.25, 0.3) is 0 Å². The third-order valence-corrected chi connectivity index (χ3v) is 4.51. The van der Waals surface area contributed by atoms with Crippen molar-refractivity contribution in [3.05, 3.63) is 66.0 Å². The Bertz CT molecular complexity index is 785. The van der Waals surface area contributed by atoms with E-state index in [0.29, 0.717) is 6.61 Å². The van der Waals surface area contributed by atoms with E-state index >= 15 is 0 Å². The summed E-state index contributed by atoms with van der Waals surface area (Å²) < 4.78 is 7.72. The first kappa shape index (κ1) is 15.6. The van der Waals surface area contributed by atoms with Gasteiger partial charge in [-0.2, -0.15) is 0 Å². The molecule has 5 heteroatoms. The minimum Gasteiger partial charge on any atom is -0.494 e. The highest BCUT2D eigenvalue weighted by molar-refractivity contribution is 7.98. The molecule has 0 aliphatic heterocycles. The summed E-state index contributed by atoms with van der Waals surface area (Å²) in [5, 5.41) is 9.21. The molecule has 1 aromatic heterocycles. The molecule has 0 atom stereocenters. The largest absolute Gasteiger partial charge is 0.494 e. The summed E-state index contributed by atoms with van der Waals surface area (Å²) in [6.45, 7) is 4.76. The van der Waals surface area contributed by atoms with E-state index in [2.05, 4.69) is 35.3 Å². The standard InChI is InChI=1S/C18H19N3OS/c1-3-22-17-11-7-5-9-15(17)12-23-18-20-19-13-21(18)16-10-6-4-8-14(16)2/h4-11,13H,3,12H2,1-2H3. The molecule has 23 heavy (non-hydrogen) atoms. The average molecular weight is 325 g/mol. The van der Waals surface area contributed by atoms with E-state index < -0.39 is 0 Å². The van der Waals surface area contributed by atoms with Gasteiger partial charge in [-0.3, -0.25) is 4.57 Å². The predicted molar refractivity (Wildman–Crippen MR) is 93.3 cm³/mol. The van der Waals surface area contributed by atoms with Crippen molar-refractivity contribution in [3.8, 4) is 11.4 Å². The van der Waals surface area contributed by atoms with E-state index in [9.17, 15) is 0 Å². The van der Waals surface area contributed by atoms with Crippen molar-refractivity contribution in [1.29, 1.82) is 0 Å². The van der Waals surface area contributed by atoms with Crippen LogP contribution in [0.4, 0.5) is 0 Å². The van der Waals surface area contributed by atoms with Crippen LogP contribution in [0.5, 0.6) is 5.75 Å². The second-order valence-corrected chi connectivity index (χ2v) is 6.04. The van der Waals surface area contributed by atoms with Gasteiger partial charge < -0.3 is 4.74 Å². The fourth-order valence-electron chi connectivity index (χ4n) is 2.38. The molecule has 0 radical (unpaired) electrons. The highest BCUT2D eigenvalue weighted by Crippen LogP contribution is 2.28. The van der Waals surface area contributed by atoms with Crippen molar-refractivity contribution in [2.24, 2.45) is 0 Å². The van der Waals surface area contributed by atoms with E-state index in [1.165, 1.54) is 11.1 Å². The number of hydrogen-bond acceptors (Lipinski definition) is 4. The van der Waals surface area contributed by atoms with Crippen LogP contribution in [0.2, 0.25) is 0 Å². The molecule has 3 rings (SSSR count). The fraction of sp³-hybridized carbons (Fsp3) is 0.222. The molecular weight excluding hydrogens is 306 g/mol. The predicted octanol–water partition coefficient (Wildman–Crippen LogP) is 4.27. The number of thioether (sulfide) groups is 1. The highest BCUT2D eigenvalue weighted by atomic mass is 32.2. The molecule has 0 bridgehead atoms. The van der Waals surface area contributed by atoms with Crippen molar-refractivity contribution in [1.82, 2.24) is 14.8 Å². The van der Waals surface area contributed by atoms with E-state index in [0.717, 1.165) is 22.3 Å². The second-order valence-electron chi connectivity index (χ2n) is 5.10. The summed E-state index contributed by atoms with van der Waals surface area (Å²) in [7, 11) is 0. The van der Waals surface area contributed by atoms with E-state index in [4.69, 9.17) is 4.74 Å². The number of aryl methyl sites for hydroxylation is 1. The van der Waals surface area contributed by atoms with Crippen LogP contribution in [0, 0.1) is 6.92 Å². The molecule has 0 spiro atoms. The molecule has 0 aliphatic rings. The fourth-order valence-corrected chi connectivity index (χ4v) is 3.30. The third kappa shape index (κ3) is 3.56. The van der Waals surface area contributed by atoms with Crippen molar-refractivity contribution >= 4 is 11.8 Å². The molecule has 0 aliphatic carbocycles. The van der Waals surface area contributed by atoms with Gasteiger partial charge in [-0.15, -0.1) is 10.2 Å². The molecule has 3 aromatic rings. The number of benzene rings is 2. The molecule has 1 heterocycles. The number of para-hydroxylation sites is 2. The van der Waals surface area contributed by atoms with Gasteiger partial charge >= 0.3 is 0 Å². The third-order valence-electron chi connectivity index (χ3n) is 3.52. The van der Waals surface area contributed by atoms with Gasteiger partial charge in [0, 0.05) is 11.3 Å². The van der Waals surface area contributed by atoms with Crippen LogP contribution in [0.3, 0.4) is 0 Å². The quantitative estimate of drug-likeness (QED) is 0.635. The Kier molecular flexibility index (Phi) is 4.98. The van der Waals surface area contributed by atoms with Crippen molar-refractivity contribution < 1.29 is 4.74 Å². The van der Waals surface area contributed by atoms with E-state index in [1.54, 1.807) is 18.1 Å². The van der Waals surface area contributed by atoms with Crippen LogP contribution in [0.1, 0.15) is 18.1 Å². The minimum absolute atomic E-state index is 0.668. The van der Waals surface area contributed by atoms with Gasteiger partial charge in [-0.1, -0.05) is 48.2 Å². The van der Waals surface area contributed by atoms with Crippen molar-refractivity contribution in [2.45, 2.75) is 24.8 Å². The van der Waals surface area contributed by atoms with E-state index in [-0.39, 0.29) is 0 Å². The number of ether oxygens (including phenoxy) is 1. The Morgan fingerprint density at radius 3 is 2.70 bits per heavy atom. The summed E-state index contributed by atoms with van der Waals surface area (Å²) in [5.74, 6) is 1.73. The van der Waals surface area contributed by atoms with Gasteiger partial charge in [-0.05, 0) is 31.5 Å². The first-order valence-corrected chi connectivity index (χ1v) is 8.57. The molecule has 0 unspecified atom stereocenters. The molecule has 0 saturated carbocycles. The molecule has 0 saturated heterocycles. The summed E-state index contributed by atoms with van der Waals surface area (Å²) in [5.41, 5.74) is 3.47. The molecule has 0 fully saturated rings. The van der Waals surface area contributed by atoms with Crippen LogP contribution in [-0.4, -0.2) is 21.4 Å². The summed E-state index contributed by atoms with van der Waals surface area (Å²) in [6.07, 6.45) is 1.76. The summed E-state index contributed by atoms with van der Waals surface area (Å²) in [6, 6.07) is 16.4. The lowest BCUT2D eigenvalue weighted by Crippen LogP contribution is -1.99. The van der Waals surface area contributed by atoms with Gasteiger partial charge in [0.1, 0.15) is 12.1 Å². The molecule has 2 aromatic carbocycles. The van der Waals surface area contributed by atoms with Gasteiger partial charge in [0.2, 0.25) is 0 Å².